The van der Waals surface area contributed by atoms with E-state index in [1.807, 2.05) is 0 Å². The average Bonchev–Trinajstić information content (AvgIpc) is 3.38. The van der Waals surface area contributed by atoms with Crippen molar-refractivity contribution in [3.8, 4) is 0 Å². The predicted octanol–water partition coefficient (Wildman–Crippen LogP) is 21.4. The molecule has 0 aromatic heterocycles. The smallest absolute Gasteiger partial charge is 0.306 e. The van der Waals surface area contributed by atoms with Crippen LogP contribution < -0.4 is 0 Å². The van der Waals surface area contributed by atoms with Crippen molar-refractivity contribution in [3.63, 3.8) is 0 Å². The third kappa shape index (κ3) is 59.4. The number of carbonyl (C=O) groups excluding carboxylic acids is 2. The minimum absolute atomic E-state index is 0.0655. The van der Waals surface area contributed by atoms with Crippen LogP contribution in [-0.4, -0.2) is 37.9 Å². The van der Waals surface area contributed by atoms with Crippen LogP contribution in [0.4, 0.5) is 0 Å². The van der Waals surface area contributed by atoms with Gasteiger partial charge in [-0.25, -0.2) is 0 Å². The molecule has 5 heteroatoms. The summed E-state index contributed by atoms with van der Waals surface area (Å²) < 4.78 is 17.5. The van der Waals surface area contributed by atoms with E-state index >= 15 is 0 Å². The van der Waals surface area contributed by atoms with Gasteiger partial charge in [0.1, 0.15) is 6.61 Å². The Kier molecular flexibility index (Phi) is 59.4. The largest absolute Gasteiger partial charge is 0.462 e. The van der Waals surface area contributed by atoms with Crippen LogP contribution in [0.2, 0.25) is 0 Å². The fraction of sp³-hybridized carbons (Fsp3) is 0.731. The lowest BCUT2D eigenvalue weighted by atomic mass is 10.0. The molecule has 0 saturated heterocycles. The molecule has 1 atom stereocenters. The van der Waals surface area contributed by atoms with Crippen molar-refractivity contribution in [2.45, 2.75) is 297 Å². The van der Waals surface area contributed by atoms with Crippen LogP contribution in [0.15, 0.2) is 97.2 Å². The average molecular weight is 1000 g/mol. The van der Waals surface area contributed by atoms with E-state index in [2.05, 4.69) is 118 Å². The van der Waals surface area contributed by atoms with Crippen LogP contribution in [-0.2, 0) is 23.8 Å². The van der Waals surface area contributed by atoms with E-state index in [-0.39, 0.29) is 25.2 Å². The molecule has 414 valence electrons. The van der Waals surface area contributed by atoms with Gasteiger partial charge in [-0.15, -0.1) is 0 Å². The molecule has 1 unspecified atom stereocenters. The van der Waals surface area contributed by atoms with Crippen molar-refractivity contribution in [2.75, 3.05) is 19.8 Å². The van der Waals surface area contributed by atoms with Crippen LogP contribution in [0.25, 0.3) is 0 Å². The zero-order valence-electron chi connectivity index (χ0n) is 47.7. The van der Waals surface area contributed by atoms with Gasteiger partial charge in [0.2, 0.25) is 0 Å². The van der Waals surface area contributed by atoms with Gasteiger partial charge in [0.25, 0.3) is 0 Å². The number of esters is 2. The molecule has 0 saturated carbocycles. The maximum absolute atomic E-state index is 12.9. The van der Waals surface area contributed by atoms with Gasteiger partial charge >= 0.3 is 11.9 Å². The van der Waals surface area contributed by atoms with Crippen LogP contribution in [0.1, 0.15) is 290 Å². The summed E-state index contributed by atoms with van der Waals surface area (Å²) in [6.45, 7) is 7.60. The second-order valence-electron chi connectivity index (χ2n) is 20.2. The Bertz CT molecular complexity index is 1360. The zero-order valence-corrected chi connectivity index (χ0v) is 47.7. The lowest BCUT2D eigenvalue weighted by Crippen LogP contribution is -2.30. The van der Waals surface area contributed by atoms with Gasteiger partial charge in [-0.05, 0) is 96.3 Å². The number of rotatable bonds is 56. The normalized spacial score (nSPS) is 12.9. The lowest BCUT2D eigenvalue weighted by Gasteiger charge is -2.18. The SMILES string of the molecule is CC/C=C\C/C=C\C/C=C\C/C=C\CCCCCCCCC(=O)OCC(COCCCCCCCCCCCCCCCCCCCCCC)OC(=O)CCCCCC/C=C\C/C=C\C/C=C\C/C=C\CC. The number of carbonyl (C=O) groups is 2. The van der Waals surface area contributed by atoms with E-state index in [1.165, 1.54) is 135 Å². The molecule has 0 heterocycles. The van der Waals surface area contributed by atoms with Crippen molar-refractivity contribution < 1.29 is 23.8 Å². The first-order valence-corrected chi connectivity index (χ1v) is 30.8. The first-order valence-electron chi connectivity index (χ1n) is 30.8. The highest BCUT2D eigenvalue weighted by atomic mass is 16.6. The van der Waals surface area contributed by atoms with Crippen molar-refractivity contribution in [1.29, 1.82) is 0 Å². The molecule has 0 spiro atoms. The van der Waals surface area contributed by atoms with Crippen molar-refractivity contribution in [3.05, 3.63) is 97.2 Å². The van der Waals surface area contributed by atoms with Gasteiger partial charge in [-0.2, -0.15) is 0 Å². The van der Waals surface area contributed by atoms with E-state index in [4.69, 9.17) is 14.2 Å². The van der Waals surface area contributed by atoms with Crippen LogP contribution in [0.3, 0.4) is 0 Å². The quantitative estimate of drug-likeness (QED) is 0.0345. The number of unbranched alkanes of at least 4 members (excludes halogenated alkanes) is 29. The van der Waals surface area contributed by atoms with E-state index < -0.39 is 6.10 Å². The molecule has 0 aromatic rings. The van der Waals surface area contributed by atoms with Crippen LogP contribution in [0, 0.1) is 0 Å². The summed E-state index contributed by atoms with van der Waals surface area (Å²) in [5.41, 5.74) is 0. The summed E-state index contributed by atoms with van der Waals surface area (Å²) in [5, 5.41) is 0. The number of hydrogen-bond donors (Lipinski definition) is 0. The van der Waals surface area contributed by atoms with E-state index in [0.717, 1.165) is 122 Å². The van der Waals surface area contributed by atoms with E-state index in [0.29, 0.717) is 19.4 Å². The molecule has 0 radical (unpaired) electrons. The zero-order chi connectivity index (χ0) is 52.0. The molecule has 0 amide bonds. The third-order valence-electron chi connectivity index (χ3n) is 13.1. The number of ether oxygens (including phenoxy) is 3. The van der Waals surface area contributed by atoms with Crippen LogP contribution in [0.5, 0.6) is 0 Å². The van der Waals surface area contributed by atoms with Crippen molar-refractivity contribution in [2.24, 2.45) is 0 Å². The monoisotopic (exact) mass is 1000 g/mol. The molecular weight excluding hydrogens is 885 g/mol. The van der Waals surface area contributed by atoms with Gasteiger partial charge in [-0.3, -0.25) is 9.59 Å². The summed E-state index contributed by atoms with van der Waals surface area (Å²) >= 11 is 0. The van der Waals surface area contributed by atoms with Crippen LogP contribution >= 0.6 is 0 Å². The highest BCUT2D eigenvalue weighted by Crippen LogP contribution is 2.16. The summed E-state index contributed by atoms with van der Waals surface area (Å²) in [6.07, 6.45) is 84.4. The van der Waals surface area contributed by atoms with Gasteiger partial charge in [0, 0.05) is 19.4 Å². The number of allylic oxidation sites excluding steroid dienone is 16. The Morgan fingerprint density at radius 2 is 0.625 bits per heavy atom. The van der Waals surface area contributed by atoms with E-state index in [9.17, 15) is 9.59 Å². The van der Waals surface area contributed by atoms with Gasteiger partial charge in [-0.1, -0.05) is 279 Å². The molecule has 5 nitrogen and oxygen atoms in total. The maximum atomic E-state index is 12.9. The minimum atomic E-state index is -0.560. The number of hydrogen-bond acceptors (Lipinski definition) is 5. The fourth-order valence-electron chi connectivity index (χ4n) is 8.61. The Morgan fingerprint density at radius 1 is 0.319 bits per heavy atom. The second kappa shape index (κ2) is 62.1. The standard InChI is InChI=1S/C67H116O5/c1-4-7-10-13-16-19-22-25-28-31-33-35-38-41-44-47-50-53-56-59-62-70-63-65(72-67(69)61-58-55-52-49-46-43-40-36-30-27-24-21-18-15-12-9-6-3)64-71-66(68)60-57-54-51-48-45-42-39-37-34-32-29-26-23-20-17-14-11-8-5-2/h8-9,11-12,17-18,20-21,26-27,29-30,34,37,40,43,65H,4-7,10,13-16,19,22-25,28,31-33,35-36,38-39,41-42,44-64H2,1-3H3/b11-8-,12-9-,20-17-,21-18-,29-26-,30-27-,37-34-,43-40-. The Labute approximate surface area is 447 Å². The topological polar surface area (TPSA) is 61.8 Å². The summed E-state index contributed by atoms with van der Waals surface area (Å²) in [7, 11) is 0. The van der Waals surface area contributed by atoms with Gasteiger partial charge in [0.15, 0.2) is 6.10 Å². The van der Waals surface area contributed by atoms with Crippen molar-refractivity contribution in [1.82, 2.24) is 0 Å². The molecule has 0 aliphatic carbocycles. The second-order valence-corrected chi connectivity index (χ2v) is 20.2. The van der Waals surface area contributed by atoms with E-state index in [1.54, 1.807) is 0 Å². The predicted molar refractivity (Wildman–Crippen MR) is 316 cm³/mol. The van der Waals surface area contributed by atoms with Crippen molar-refractivity contribution >= 4 is 11.9 Å². The Morgan fingerprint density at radius 3 is 1.00 bits per heavy atom. The molecular formula is C67H116O5. The lowest BCUT2D eigenvalue weighted by molar-refractivity contribution is -0.163. The Hall–Kier alpha value is -3.18. The first-order chi connectivity index (χ1) is 35.6. The fourth-order valence-corrected chi connectivity index (χ4v) is 8.61. The molecule has 0 bridgehead atoms. The molecule has 0 rings (SSSR count). The van der Waals surface area contributed by atoms with Gasteiger partial charge in [0.05, 0.1) is 6.61 Å². The third-order valence-corrected chi connectivity index (χ3v) is 13.1. The summed E-state index contributed by atoms with van der Waals surface area (Å²) in [6, 6.07) is 0. The summed E-state index contributed by atoms with van der Waals surface area (Å²) in [4.78, 5) is 25.6. The highest BCUT2D eigenvalue weighted by Gasteiger charge is 2.17. The minimum Gasteiger partial charge on any atom is -0.462 e. The molecule has 0 fully saturated rings. The molecule has 0 N–H and O–H groups in total. The molecule has 0 aliphatic rings. The Balaban J connectivity index is 4.33. The molecule has 0 aliphatic heterocycles. The maximum Gasteiger partial charge on any atom is 0.306 e. The highest BCUT2D eigenvalue weighted by molar-refractivity contribution is 5.70. The molecule has 0 aromatic carbocycles. The summed E-state index contributed by atoms with van der Waals surface area (Å²) in [5.74, 6) is -0.433. The van der Waals surface area contributed by atoms with Gasteiger partial charge < -0.3 is 14.2 Å². The molecule has 72 heavy (non-hydrogen) atoms. The first kappa shape index (κ1) is 68.8.